The van der Waals surface area contributed by atoms with Crippen molar-refractivity contribution in [3.63, 3.8) is 0 Å². The van der Waals surface area contributed by atoms with E-state index in [0.29, 0.717) is 25.2 Å². The van der Waals surface area contributed by atoms with Crippen LogP contribution in [0.25, 0.3) is 0 Å². The minimum atomic E-state index is -3.76. The summed E-state index contributed by atoms with van der Waals surface area (Å²) in [6.07, 6.45) is 0. The minimum absolute atomic E-state index is 0.0453. The maximum atomic E-state index is 13.3. The average molecular weight is 415 g/mol. The van der Waals surface area contributed by atoms with E-state index in [1.54, 1.807) is 18.2 Å². The lowest BCUT2D eigenvalue weighted by atomic mass is 10.1. The average Bonchev–Trinajstić information content (AvgIpc) is 2.64. The van der Waals surface area contributed by atoms with Gasteiger partial charge in [-0.25, -0.2) is 12.8 Å². The van der Waals surface area contributed by atoms with Crippen molar-refractivity contribution in [1.29, 1.82) is 0 Å². The molecule has 1 heterocycles. The first-order valence-corrected chi connectivity index (χ1v) is 10.1. The number of piperazine rings is 1. The summed E-state index contributed by atoms with van der Waals surface area (Å²) in [5, 5.41) is 10.9. The molecule has 27 heavy (non-hydrogen) atoms. The quantitative estimate of drug-likeness (QED) is 0.593. The highest BCUT2D eigenvalue weighted by Gasteiger charge is 2.31. The van der Waals surface area contributed by atoms with Crippen LogP contribution >= 0.6 is 11.6 Å². The van der Waals surface area contributed by atoms with Gasteiger partial charge in [0.25, 0.3) is 5.69 Å². The van der Waals surface area contributed by atoms with Crippen LogP contribution in [0.2, 0.25) is 5.02 Å². The summed E-state index contributed by atoms with van der Waals surface area (Å²) in [6.45, 7) is 2.02. The van der Waals surface area contributed by atoms with E-state index in [0.717, 1.165) is 17.0 Å². The number of benzene rings is 2. The molecule has 1 saturated heterocycles. The van der Waals surface area contributed by atoms with Gasteiger partial charge in [-0.2, -0.15) is 4.31 Å². The summed E-state index contributed by atoms with van der Waals surface area (Å²) in [4.78, 5) is 11.7. The van der Waals surface area contributed by atoms with Crippen molar-refractivity contribution in [2.75, 3.05) is 26.2 Å². The molecule has 0 radical (unpaired) electrons. The van der Waals surface area contributed by atoms with Crippen molar-refractivity contribution in [3.05, 3.63) is 69.0 Å². The molecule has 0 bridgehead atoms. The summed E-state index contributed by atoms with van der Waals surface area (Å²) in [7, 11) is -3.76. The highest BCUT2D eigenvalue weighted by molar-refractivity contribution is 7.89. The molecular formula is C17H18ClFN3O4S+. The fraction of sp³-hybridized carbons (Fsp3) is 0.294. The molecule has 1 fully saturated rings. The van der Waals surface area contributed by atoms with Crippen LogP contribution in [0.3, 0.4) is 0 Å². The summed E-state index contributed by atoms with van der Waals surface area (Å²) in [5.41, 5.74) is 0.695. The number of sulfonamides is 1. The van der Waals surface area contributed by atoms with E-state index in [9.17, 15) is 22.9 Å². The molecule has 1 aliphatic heterocycles. The van der Waals surface area contributed by atoms with Crippen LogP contribution in [0.1, 0.15) is 5.56 Å². The van der Waals surface area contributed by atoms with Crippen LogP contribution in [-0.2, 0) is 16.6 Å². The Morgan fingerprint density at radius 1 is 1.19 bits per heavy atom. The normalized spacial score (nSPS) is 16.4. The SMILES string of the molecule is O=[N+]([O-])c1ccccc1C[NH+]1CCN(S(=O)(=O)c2ccc(F)c(Cl)c2)CC1. The van der Waals surface area contributed by atoms with Crippen molar-refractivity contribution in [3.8, 4) is 0 Å². The smallest absolute Gasteiger partial charge is 0.278 e. The highest BCUT2D eigenvalue weighted by Crippen LogP contribution is 2.22. The Labute approximate surface area is 161 Å². The molecule has 144 valence electrons. The maximum absolute atomic E-state index is 13.3. The molecule has 7 nitrogen and oxygen atoms in total. The Morgan fingerprint density at radius 3 is 2.48 bits per heavy atom. The van der Waals surface area contributed by atoms with Gasteiger partial charge < -0.3 is 4.90 Å². The molecule has 0 amide bonds. The molecule has 10 heteroatoms. The van der Waals surface area contributed by atoms with Crippen molar-refractivity contribution < 1.29 is 22.6 Å². The minimum Gasteiger partial charge on any atom is -0.329 e. The zero-order valence-electron chi connectivity index (χ0n) is 14.3. The number of nitrogens with one attached hydrogen (secondary N) is 1. The van der Waals surface area contributed by atoms with E-state index in [-0.39, 0.29) is 28.7 Å². The zero-order valence-corrected chi connectivity index (χ0v) is 15.8. The largest absolute Gasteiger partial charge is 0.329 e. The number of hydrogen-bond acceptors (Lipinski definition) is 4. The maximum Gasteiger partial charge on any atom is 0.278 e. The van der Waals surface area contributed by atoms with E-state index in [1.165, 1.54) is 16.4 Å². The number of halogens is 2. The second kappa shape index (κ2) is 7.89. The molecule has 0 spiro atoms. The molecule has 0 unspecified atom stereocenters. The molecule has 2 aromatic carbocycles. The molecule has 0 saturated carbocycles. The fourth-order valence-corrected chi connectivity index (χ4v) is 4.83. The summed E-state index contributed by atoms with van der Waals surface area (Å²) >= 11 is 5.70. The summed E-state index contributed by atoms with van der Waals surface area (Å²) < 4.78 is 40.0. The first-order chi connectivity index (χ1) is 12.8. The third-order valence-corrected chi connectivity index (χ3v) is 6.77. The molecule has 0 aromatic heterocycles. The van der Waals surface area contributed by atoms with Crippen LogP contribution in [0.4, 0.5) is 10.1 Å². The Morgan fingerprint density at radius 2 is 1.85 bits per heavy atom. The molecule has 3 rings (SSSR count). The molecule has 0 atom stereocenters. The number of nitro groups is 1. The summed E-state index contributed by atoms with van der Waals surface area (Å²) in [6, 6.07) is 9.89. The Bertz CT molecular complexity index is 962. The second-order valence-electron chi connectivity index (χ2n) is 6.29. The molecule has 0 aliphatic carbocycles. The van der Waals surface area contributed by atoms with Crippen LogP contribution in [0, 0.1) is 15.9 Å². The van der Waals surface area contributed by atoms with Crippen molar-refractivity contribution in [2.24, 2.45) is 0 Å². The van der Waals surface area contributed by atoms with Crippen molar-refractivity contribution in [1.82, 2.24) is 4.31 Å². The number of nitro benzene ring substituents is 1. The van der Waals surface area contributed by atoms with Crippen LogP contribution < -0.4 is 4.90 Å². The second-order valence-corrected chi connectivity index (χ2v) is 8.64. The van der Waals surface area contributed by atoms with E-state index >= 15 is 0 Å². The Kier molecular flexibility index (Phi) is 5.75. The Hall–Kier alpha value is -2.07. The van der Waals surface area contributed by atoms with Gasteiger partial charge in [0.1, 0.15) is 12.4 Å². The third-order valence-electron chi connectivity index (χ3n) is 4.59. The van der Waals surface area contributed by atoms with Gasteiger partial charge in [0.05, 0.1) is 46.6 Å². The number of para-hydroxylation sites is 1. The van der Waals surface area contributed by atoms with Gasteiger partial charge in [-0.1, -0.05) is 23.7 Å². The Balaban J connectivity index is 1.68. The van der Waals surface area contributed by atoms with E-state index in [1.807, 2.05) is 0 Å². The third kappa shape index (κ3) is 4.27. The van der Waals surface area contributed by atoms with Crippen LogP contribution in [0.5, 0.6) is 0 Å². The number of nitrogens with zero attached hydrogens (tertiary/aromatic N) is 2. The van der Waals surface area contributed by atoms with Gasteiger partial charge in [0, 0.05) is 6.07 Å². The van der Waals surface area contributed by atoms with Gasteiger partial charge in [0.15, 0.2) is 0 Å². The zero-order chi connectivity index (χ0) is 19.6. The first-order valence-electron chi connectivity index (χ1n) is 8.30. The fourth-order valence-electron chi connectivity index (χ4n) is 3.11. The monoisotopic (exact) mass is 414 g/mol. The predicted octanol–water partition coefficient (Wildman–Crippen LogP) is 1.48. The van der Waals surface area contributed by atoms with Crippen LogP contribution in [-0.4, -0.2) is 43.8 Å². The van der Waals surface area contributed by atoms with E-state index < -0.39 is 20.8 Å². The topological polar surface area (TPSA) is 85.0 Å². The van der Waals surface area contributed by atoms with Gasteiger partial charge in [-0.3, -0.25) is 10.1 Å². The van der Waals surface area contributed by atoms with Crippen molar-refractivity contribution >= 4 is 27.3 Å². The number of hydrogen-bond donors (Lipinski definition) is 1. The summed E-state index contributed by atoms with van der Waals surface area (Å²) in [5.74, 6) is -0.672. The van der Waals surface area contributed by atoms with Gasteiger partial charge >= 0.3 is 0 Å². The predicted molar refractivity (Wildman–Crippen MR) is 97.7 cm³/mol. The lowest BCUT2D eigenvalue weighted by Crippen LogP contribution is -3.13. The standard InChI is InChI=1S/C17H17ClFN3O4S/c18-15-11-14(5-6-16(15)19)27(25,26)21-9-7-20(8-10-21)12-13-3-1-2-4-17(13)22(23)24/h1-6,11H,7-10,12H2/p+1. The van der Waals surface area contributed by atoms with Gasteiger partial charge in [-0.05, 0) is 24.3 Å². The van der Waals surface area contributed by atoms with E-state index in [2.05, 4.69) is 0 Å². The van der Waals surface area contributed by atoms with Crippen LogP contribution in [0.15, 0.2) is 47.4 Å². The van der Waals surface area contributed by atoms with E-state index in [4.69, 9.17) is 11.6 Å². The van der Waals surface area contributed by atoms with Gasteiger partial charge in [-0.15, -0.1) is 0 Å². The number of quaternary nitrogens is 1. The first kappa shape index (κ1) is 19.7. The van der Waals surface area contributed by atoms with Crippen molar-refractivity contribution in [2.45, 2.75) is 11.4 Å². The van der Waals surface area contributed by atoms with Gasteiger partial charge in [0.2, 0.25) is 10.0 Å². The molecule has 1 aliphatic rings. The lowest BCUT2D eigenvalue weighted by molar-refractivity contribution is -0.917. The molecular weight excluding hydrogens is 397 g/mol. The highest BCUT2D eigenvalue weighted by atomic mass is 35.5. The lowest BCUT2D eigenvalue weighted by Gasteiger charge is -2.31. The number of rotatable bonds is 5. The molecule has 2 aromatic rings. The molecule has 1 N–H and O–H groups in total.